The van der Waals surface area contributed by atoms with Crippen molar-refractivity contribution in [1.82, 2.24) is 0 Å². The predicted molar refractivity (Wildman–Crippen MR) is 65.7 cm³/mol. The lowest BCUT2D eigenvalue weighted by atomic mass is 10.2. The Hall–Kier alpha value is -1.16. The first-order valence-electron chi connectivity index (χ1n) is 4.84. The van der Waals surface area contributed by atoms with Crippen LogP contribution in [0.5, 0.6) is 0 Å². The van der Waals surface area contributed by atoms with Crippen molar-refractivity contribution in [3.05, 3.63) is 30.1 Å². The van der Waals surface area contributed by atoms with Crippen LogP contribution in [-0.2, 0) is 0 Å². The quantitative estimate of drug-likeness (QED) is 0.781. The van der Waals surface area contributed by atoms with Crippen molar-refractivity contribution in [2.75, 3.05) is 18.5 Å². The van der Waals surface area contributed by atoms with Crippen LogP contribution in [0.1, 0.15) is 12.8 Å². The molecule has 4 heteroatoms. The fraction of sp³-hybridized carbons (Fsp3) is 0.364. The monoisotopic (exact) mass is 226 g/mol. The normalized spacial score (nSPS) is 10.0. The molecule has 0 aromatic heterocycles. The van der Waals surface area contributed by atoms with Gasteiger partial charge in [0.2, 0.25) is 0 Å². The molecule has 0 aliphatic carbocycles. The summed E-state index contributed by atoms with van der Waals surface area (Å²) in [5, 5.41) is 0. The maximum Gasteiger partial charge on any atom is 0.123 e. The van der Waals surface area contributed by atoms with Crippen molar-refractivity contribution in [3.8, 4) is 0 Å². The standard InChI is InChI=1S/C11H15FN2S/c1-14(8-2-3-11(13)15)10-6-4-9(12)5-7-10/h4-7H,2-3,8H2,1H3,(H2,13,15). The number of anilines is 1. The highest BCUT2D eigenvalue weighted by Gasteiger charge is 2.00. The first-order valence-corrected chi connectivity index (χ1v) is 5.25. The van der Waals surface area contributed by atoms with Crippen LogP contribution >= 0.6 is 12.2 Å². The SMILES string of the molecule is CN(CCCC(N)=S)c1ccc(F)cc1. The highest BCUT2D eigenvalue weighted by molar-refractivity contribution is 7.80. The highest BCUT2D eigenvalue weighted by atomic mass is 32.1. The summed E-state index contributed by atoms with van der Waals surface area (Å²) in [6.45, 7) is 0.864. The Morgan fingerprint density at radius 1 is 1.40 bits per heavy atom. The lowest BCUT2D eigenvalue weighted by molar-refractivity contribution is 0.627. The molecule has 0 radical (unpaired) electrons. The predicted octanol–water partition coefficient (Wildman–Crippen LogP) is 2.33. The summed E-state index contributed by atoms with van der Waals surface area (Å²) >= 11 is 4.79. The Balaban J connectivity index is 2.43. The van der Waals surface area contributed by atoms with Crippen LogP contribution in [0.25, 0.3) is 0 Å². The number of rotatable bonds is 5. The lowest BCUT2D eigenvalue weighted by Gasteiger charge is -2.18. The van der Waals surface area contributed by atoms with E-state index in [0.717, 1.165) is 25.1 Å². The number of nitrogens with zero attached hydrogens (tertiary/aromatic N) is 1. The molecule has 0 fully saturated rings. The van der Waals surface area contributed by atoms with Gasteiger partial charge in [0.25, 0.3) is 0 Å². The number of benzene rings is 1. The van der Waals surface area contributed by atoms with E-state index in [2.05, 4.69) is 4.90 Å². The number of thiocarbonyl (C=S) groups is 1. The summed E-state index contributed by atoms with van der Waals surface area (Å²) < 4.78 is 12.7. The number of hydrogen-bond donors (Lipinski definition) is 1. The van der Waals surface area contributed by atoms with E-state index in [1.807, 2.05) is 7.05 Å². The van der Waals surface area contributed by atoms with Crippen molar-refractivity contribution in [2.45, 2.75) is 12.8 Å². The molecular formula is C11H15FN2S. The molecular weight excluding hydrogens is 211 g/mol. The van der Waals surface area contributed by atoms with E-state index in [1.54, 1.807) is 12.1 Å². The number of nitrogens with two attached hydrogens (primary N) is 1. The van der Waals surface area contributed by atoms with Crippen LogP contribution in [0, 0.1) is 5.82 Å². The minimum atomic E-state index is -0.213. The molecule has 1 aromatic carbocycles. The second-order valence-corrected chi connectivity index (χ2v) is 3.99. The Morgan fingerprint density at radius 3 is 2.53 bits per heavy atom. The van der Waals surface area contributed by atoms with Gasteiger partial charge in [0.05, 0.1) is 4.99 Å². The molecule has 82 valence electrons. The maximum absolute atomic E-state index is 12.7. The summed E-state index contributed by atoms with van der Waals surface area (Å²) in [5.41, 5.74) is 6.40. The second kappa shape index (κ2) is 5.66. The second-order valence-electron chi connectivity index (χ2n) is 3.47. The maximum atomic E-state index is 12.7. The topological polar surface area (TPSA) is 29.3 Å². The molecule has 0 atom stereocenters. The van der Waals surface area contributed by atoms with Crippen LogP contribution in [0.15, 0.2) is 24.3 Å². The average molecular weight is 226 g/mol. The average Bonchev–Trinajstić information content (AvgIpc) is 2.18. The van der Waals surface area contributed by atoms with Crippen LogP contribution in [0.2, 0.25) is 0 Å². The van der Waals surface area contributed by atoms with Crippen molar-refractivity contribution >= 4 is 22.9 Å². The summed E-state index contributed by atoms with van der Waals surface area (Å²) in [7, 11) is 1.97. The fourth-order valence-corrected chi connectivity index (χ4v) is 1.46. The van der Waals surface area contributed by atoms with E-state index in [1.165, 1.54) is 12.1 Å². The van der Waals surface area contributed by atoms with Gasteiger partial charge in [-0.1, -0.05) is 12.2 Å². The molecule has 0 spiro atoms. The van der Waals surface area contributed by atoms with E-state index >= 15 is 0 Å². The van der Waals surface area contributed by atoms with Crippen LogP contribution < -0.4 is 10.6 Å². The van der Waals surface area contributed by atoms with Gasteiger partial charge < -0.3 is 10.6 Å². The van der Waals surface area contributed by atoms with Gasteiger partial charge in [0.1, 0.15) is 5.82 Å². The van der Waals surface area contributed by atoms with Gasteiger partial charge in [-0.05, 0) is 37.1 Å². The van der Waals surface area contributed by atoms with Crippen LogP contribution in [-0.4, -0.2) is 18.6 Å². The summed E-state index contributed by atoms with van der Waals surface area (Å²) in [6.07, 6.45) is 1.67. The Kier molecular flexibility index (Phi) is 4.49. The lowest BCUT2D eigenvalue weighted by Crippen LogP contribution is -2.20. The molecule has 2 nitrogen and oxygen atoms in total. The van der Waals surface area contributed by atoms with Crippen molar-refractivity contribution < 1.29 is 4.39 Å². The molecule has 0 bridgehead atoms. The number of halogens is 1. The zero-order valence-corrected chi connectivity index (χ0v) is 9.56. The molecule has 2 N–H and O–H groups in total. The zero-order chi connectivity index (χ0) is 11.3. The molecule has 0 aliphatic rings. The molecule has 0 aliphatic heterocycles. The molecule has 1 aromatic rings. The number of hydrogen-bond acceptors (Lipinski definition) is 2. The van der Waals surface area contributed by atoms with Gasteiger partial charge in [0.15, 0.2) is 0 Å². The third-order valence-corrected chi connectivity index (χ3v) is 2.39. The Bertz CT molecular complexity index is 324. The van der Waals surface area contributed by atoms with Crippen molar-refractivity contribution in [1.29, 1.82) is 0 Å². The third kappa shape index (κ3) is 4.25. The largest absolute Gasteiger partial charge is 0.393 e. The van der Waals surface area contributed by atoms with Gasteiger partial charge in [-0.15, -0.1) is 0 Å². The molecule has 0 saturated carbocycles. The van der Waals surface area contributed by atoms with E-state index in [9.17, 15) is 4.39 Å². The van der Waals surface area contributed by atoms with Gasteiger partial charge in [0, 0.05) is 19.3 Å². The first kappa shape index (κ1) is 11.9. The van der Waals surface area contributed by atoms with Crippen LogP contribution in [0.3, 0.4) is 0 Å². The van der Waals surface area contributed by atoms with E-state index < -0.39 is 0 Å². The van der Waals surface area contributed by atoms with Gasteiger partial charge in [-0.25, -0.2) is 4.39 Å². The minimum absolute atomic E-state index is 0.213. The Morgan fingerprint density at radius 2 is 2.00 bits per heavy atom. The van der Waals surface area contributed by atoms with Crippen LogP contribution in [0.4, 0.5) is 10.1 Å². The summed E-state index contributed by atoms with van der Waals surface area (Å²) in [5.74, 6) is -0.213. The van der Waals surface area contributed by atoms with Crippen molar-refractivity contribution in [3.63, 3.8) is 0 Å². The minimum Gasteiger partial charge on any atom is -0.393 e. The molecule has 15 heavy (non-hydrogen) atoms. The first-order chi connectivity index (χ1) is 7.09. The van der Waals surface area contributed by atoms with E-state index in [4.69, 9.17) is 18.0 Å². The molecule has 0 saturated heterocycles. The smallest absolute Gasteiger partial charge is 0.123 e. The van der Waals surface area contributed by atoms with Gasteiger partial charge >= 0.3 is 0 Å². The fourth-order valence-electron chi connectivity index (χ4n) is 1.32. The third-order valence-electron chi connectivity index (χ3n) is 2.18. The molecule has 0 unspecified atom stereocenters. The molecule has 0 heterocycles. The Labute approximate surface area is 94.9 Å². The summed E-state index contributed by atoms with van der Waals surface area (Å²) in [6, 6.07) is 6.44. The molecule has 0 amide bonds. The van der Waals surface area contributed by atoms with E-state index in [0.29, 0.717) is 4.99 Å². The highest BCUT2D eigenvalue weighted by Crippen LogP contribution is 2.13. The van der Waals surface area contributed by atoms with Crippen molar-refractivity contribution in [2.24, 2.45) is 5.73 Å². The zero-order valence-electron chi connectivity index (χ0n) is 8.74. The summed E-state index contributed by atoms with van der Waals surface area (Å²) in [4.78, 5) is 2.60. The van der Waals surface area contributed by atoms with Gasteiger partial charge in [-0.2, -0.15) is 0 Å². The van der Waals surface area contributed by atoms with Gasteiger partial charge in [-0.3, -0.25) is 0 Å². The molecule has 1 rings (SSSR count). The van der Waals surface area contributed by atoms with E-state index in [-0.39, 0.29) is 5.82 Å².